The molecule has 6 nitrogen and oxygen atoms in total. The first-order chi connectivity index (χ1) is 20.1. The topological polar surface area (TPSA) is 65.0 Å². The molecule has 3 saturated carbocycles. The molecule has 1 aliphatic heterocycles. The summed E-state index contributed by atoms with van der Waals surface area (Å²) in [5, 5.41) is 12.2. The molecule has 6 heteroatoms. The van der Waals surface area contributed by atoms with Crippen LogP contribution in [0, 0.1) is 46.3 Å². The van der Waals surface area contributed by atoms with E-state index in [-0.39, 0.29) is 18.8 Å². The van der Waals surface area contributed by atoms with Crippen molar-refractivity contribution in [3.63, 3.8) is 0 Å². The molecule has 0 radical (unpaired) electrons. The zero-order valence-electron chi connectivity index (χ0n) is 27.7. The van der Waals surface area contributed by atoms with Gasteiger partial charge in [-0.2, -0.15) is 0 Å². The predicted octanol–water partition coefficient (Wildman–Crippen LogP) is 6.73. The van der Waals surface area contributed by atoms with Crippen molar-refractivity contribution in [1.82, 2.24) is 15.1 Å². The van der Waals surface area contributed by atoms with Gasteiger partial charge in [0.1, 0.15) is 6.10 Å². The van der Waals surface area contributed by atoms with Crippen molar-refractivity contribution in [2.45, 2.75) is 111 Å². The summed E-state index contributed by atoms with van der Waals surface area (Å²) >= 11 is 0. The van der Waals surface area contributed by atoms with Crippen LogP contribution in [0.2, 0.25) is 0 Å². The minimum atomic E-state index is -0.246. The second kappa shape index (κ2) is 13.9. The van der Waals surface area contributed by atoms with Crippen LogP contribution in [0.4, 0.5) is 4.79 Å². The van der Waals surface area contributed by atoms with E-state index in [9.17, 15) is 4.79 Å². The van der Waals surface area contributed by atoms with Crippen molar-refractivity contribution < 1.29 is 14.6 Å². The highest BCUT2D eigenvalue weighted by atomic mass is 16.6. The molecule has 240 valence electrons. The second-order valence-electron chi connectivity index (χ2n) is 15.9. The lowest BCUT2D eigenvalue weighted by atomic mass is 9.47. The molecule has 4 fully saturated rings. The predicted molar refractivity (Wildman–Crippen MR) is 171 cm³/mol. The van der Waals surface area contributed by atoms with Crippen molar-refractivity contribution in [1.29, 1.82) is 0 Å². The maximum absolute atomic E-state index is 12.7. The number of carbonyl (C=O) groups is 1. The normalized spacial score (nSPS) is 37.9. The van der Waals surface area contributed by atoms with Crippen LogP contribution in [0.15, 0.2) is 11.6 Å². The number of nitrogens with one attached hydrogen (secondary N) is 1. The summed E-state index contributed by atoms with van der Waals surface area (Å²) in [4.78, 5) is 17.4. The molecule has 42 heavy (non-hydrogen) atoms. The van der Waals surface area contributed by atoms with Crippen LogP contribution in [0.3, 0.4) is 0 Å². The third-order valence-corrected chi connectivity index (χ3v) is 13.1. The van der Waals surface area contributed by atoms with Crippen LogP contribution in [0.5, 0.6) is 0 Å². The Bertz CT molecular complexity index is 930. The van der Waals surface area contributed by atoms with Crippen LogP contribution < -0.4 is 5.32 Å². The van der Waals surface area contributed by atoms with E-state index in [0.717, 1.165) is 94.0 Å². The van der Waals surface area contributed by atoms with Crippen LogP contribution >= 0.6 is 0 Å². The molecule has 8 atom stereocenters. The van der Waals surface area contributed by atoms with E-state index in [1.807, 2.05) is 0 Å². The molecule has 1 unspecified atom stereocenters. The summed E-state index contributed by atoms with van der Waals surface area (Å²) in [5.41, 5.74) is 2.42. The number of carbonyl (C=O) groups excluding carboxylic acids is 1. The summed E-state index contributed by atoms with van der Waals surface area (Å²) < 4.78 is 5.99. The number of aliphatic hydroxyl groups is 1. The summed E-state index contributed by atoms with van der Waals surface area (Å²) in [6.07, 6.45) is 16.6. The highest BCUT2D eigenvalue weighted by molar-refractivity contribution is 5.67. The minimum absolute atomic E-state index is 0.0132. The Morgan fingerprint density at radius 3 is 2.45 bits per heavy atom. The molecular formula is C36H63N3O3. The zero-order valence-corrected chi connectivity index (χ0v) is 27.7. The third kappa shape index (κ3) is 6.91. The summed E-state index contributed by atoms with van der Waals surface area (Å²) in [7, 11) is 0. The monoisotopic (exact) mass is 585 g/mol. The van der Waals surface area contributed by atoms with Crippen LogP contribution in [-0.4, -0.2) is 79.5 Å². The molecule has 5 aliphatic rings. The van der Waals surface area contributed by atoms with Crippen LogP contribution in [-0.2, 0) is 4.74 Å². The maximum atomic E-state index is 12.7. The van der Waals surface area contributed by atoms with Crippen molar-refractivity contribution in [3.8, 4) is 0 Å². The van der Waals surface area contributed by atoms with Crippen LogP contribution in [0.25, 0.3) is 0 Å². The van der Waals surface area contributed by atoms with Crippen molar-refractivity contribution in [3.05, 3.63) is 11.6 Å². The van der Waals surface area contributed by atoms with Gasteiger partial charge in [-0.3, -0.25) is 9.80 Å². The molecular weight excluding hydrogens is 522 g/mol. The number of β-amino-alcohol motifs (C(OH)–C–C–N with tert-alkyl or cyclic N) is 1. The van der Waals surface area contributed by atoms with Gasteiger partial charge in [-0.05, 0) is 91.3 Å². The number of fused-ring (bicyclic) bond motifs is 5. The number of hydrogen-bond acceptors (Lipinski definition) is 5. The average Bonchev–Trinajstić information content (AvgIpc) is 3.31. The van der Waals surface area contributed by atoms with Gasteiger partial charge in [-0.1, -0.05) is 65.5 Å². The Labute approximate surface area is 257 Å². The fourth-order valence-corrected chi connectivity index (χ4v) is 10.6. The van der Waals surface area contributed by atoms with Crippen molar-refractivity contribution >= 4 is 6.09 Å². The first kappa shape index (κ1) is 32.3. The van der Waals surface area contributed by atoms with Gasteiger partial charge in [0.2, 0.25) is 0 Å². The first-order valence-electron chi connectivity index (χ1n) is 17.8. The summed E-state index contributed by atoms with van der Waals surface area (Å²) in [5.74, 6) is 5.14. The van der Waals surface area contributed by atoms with E-state index in [2.05, 4.69) is 55.8 Å². The Morgan fingerprint density at radius 1 is 1.00 bits per heavy atom. The quantitative estimate of drug-likeness (QED) is 0.263. The fraction of sp³-hybridized carbons (Fsp3) is 0.917. The number of allylic oxidation sites excluding steroid dienone is 1. The molecule has 1 heterocycles. The summed E-state index contributed by atoms with van der Waals surface area (Å²) in [6, 6.07) is 0. The number of aliphatic hydroxyl groups excluding tert-OH is 1. The Balaban J connectivity index is 1.10. The lowest BCUT2D eigenvalue weighted by Gasteiger charge is -2.58. The van der Waals surface area contributed by atoms with Gasteiger partial charge in [0, 0.05) is 52.2 Å². The molecule has 0 aromatic carbocycles. The maximum Gasteiger partial charge on any atom is 0.407 e. The number of alkyl carbamates (subject to hydrolysis) is 1. The van der Waals surface area contributed by atoms with E-state index in [1.54, 1.807) is 5.57 Å². The summed E-state index contributed by atoms with van der Waals surface area (Å²) in [6.45, 7) is 19.0. The SMILES string of the molecule is CC(C)CCC[C@@H](C)[C@H]1CC[C@H]2[C@@H]3CC=C4C[C@@H](OC(=O)NCCN5CCN(CCO)CC5)CC[C@]4(C)C3CC[C@]12C. The van der Waals surface area contributed by atoms with E-state index in [4.69, 9.17) is 9.84 Å². The van der Waals surface area contributed by atoms with E-state index in [0.29, 0.717) is 17.4 Å². The largest absolute Gasteiger partial charge is 0.446 e. The first-order valence-corrected chi connectivity index (χ1v) is 17.8. The van der Waals surface area contributed by atoms with Gasteiger partial charge in [-0.15, -0.1) is 0 Å². The van der Waals surface area contributed by atoms with Crippen LogP contribution in [0.1, 0.15) is 105 Å². The zero-order chi connectivity index (χ0) is 29.9. The van der Waals surface area contributed by atoms with Gasteiger partial charge in [0.25, 0.3) is 0 Å². The third-order valence-electron chi connectivity index (χ3n) is 13.1. The number of amides is 1. The number of rotatable bonds is 11. The molecule has 5 rings (SSSR count). The van der Waals surface area contributed by atoms with Gasteiger partial charge in [0.15, 0.2) is 0 Å². The number of nitrogens with zero attached hydrogens (tertiary/aromatic N) is 2. The lowest BCUT2D eigenvalue weighted by molar-refractivity contribution is -0.0581. The number of ether oxygens (including phenoxy) is 1. The number of hydrogen-bond donors (Lipinski definition) is 2. The van der Waals surface area contributed by atoms with E-state index in [1.165, 1.54) is 51.4 Å². The molecule has 0 bridgehead atoms. The van der Waals surface area contributed by atoms with Crippen molar-refractivity contribution in [2.24, 2.45) is 46.3 Å². The molecule has 0 aromatic heterocycles. The smallest absolute Gasteiger partial charge is 0.407 e. The average molecular weight is 586 g/mol. The molecule has 0 spiro atoms. The molecule has 2 N–H and O–H groups in total. The number of piperazine rings is 1. The Morgan fingerprint density at radius 2 is 1.74 bits per heavy atom. The van der Waals surface area contributed by atoms with Gasteiger partial charge in [-0.25, -0.2) is 4.79 Å². The van der Waals surface area contributed by atoms with Crippen molar-refractivity contribution in [2.75, 3.05) is 52.4 Å². The van der Waals surface area contributed by atoms with E-state index >= 15 is 0 Å². The second-order valence-corrected chi connectivity index (χ2v) is 15.9. The van der Waals surface area contributed by atoms with Gasteiger partial charge >= 0.3 is 6.09 Å². The fourth-order valence-electron chi connectivity index (χ4n) is 10.6. The van der Waals surface area contributed by atoms with Gasteiger partial charge in [0.05, 0.1) is 6.61 Å². The Hall–Kier alpha value is -1.11. The minimum Gasteiger partial charge on any atom is -0.446 e. The van der Waals surface area contributed by atoms with E-state index < -0.39 is 0 Å². The molecule has 0 aromatic rings. The lowest BCUT2D eigenvalue weighted by Crippen LogP contribution is -2.51. The Kier molecular flexibility index (Phi) is 10.7. The molecule has 1 amide bonds. The van der Waals surface area contributed by atoms with Gasteiger partial charge < -0.3 is 15.2 Å². The highest BCUT2D eigenvalue weighted by Crippen LogP contribution is 2.67. The standard InChI is InChI=1S/C36H63N3O3/c1-26(2)7-6-8-27(3)31-11-12-32-30-10-9-28-25-29(13-15-35(28,4)33(30)14-16-36(31,32)5)42-34(41)37-17-18-38-19-21-39(22-20-38)23-24-40/h9,26-27,29-33,40H,6-8,10-25H2,1-5H3,(H,37,41)/t27-,29+,30+,31-,32+,33?,35+,36-/m1/s1. The molecule has 4 aliphatic carbocycles. The molecule has 1 saturated heterocycles. The highest BCUT2D eigenvalue weighted by Gasteiger charge is 2.59.